The van der Waals surface area contributed by atoms with E-state index in [4.69, 9.17) is 10.00 Å². The summed E-state index contributed by atoms with van der Waals surface area (Å²) < 4.78 is 8.57. The molecule has 7 nitrogen and oxygen atoms in total. The second-order valence-corrected chi connectivity index (χ2v) is 9.65. The van der Waals surface area contributed by atoms with E-state index in [2.05, 4.69) is 38.1 Å². The van der Waals surface area contributed by atoms with Gasteiger partial charge in [-0.05, 0) is 63.5 Å². The van der Waals surface area contributed by atoms with Gasteiger partial charge in [-0.1, -0.05) is 0 Å². The Balaban J connectivity index is 1.24. The van der Waals surface area contributed by atoms with Gasteiger partial charge >= 0.3 is 0 Å². The van der Waals surface area contributed by atoms with Crippen LogP contribution in [0.3, 0.4) is 0 Å². The molecular weight excluding hydrogens is 396 g/mol. The Bertz CT molecular complexity index is 931. The number of ether oxygens (including phenoxy) is 1. The molecule has 1 spiro atoms. The predicted molar refractivity (Wildman–Crippen MR) is 116 cm³/mol. The summed E-state index contributed by atoms with van der Waals surface area (Å²) >= 11 is 1.65. The third-order valence-corrected chi connectivity index (χ3v) is 8.02. The fourth-order valence-corrected chi connectivity index (χ4v) is 6.22. The highest BCUT2D eigenvalue weighted by atomic mass is 32.2. The number of aromatic nitrogens is 3. The number of rotatable bonds is 5. The van der Waals surface area contributed by atoms with Gasteiger partial charge in [0, 0.05) is 25.2 Å². The van der Waals surface area contributed by atoms with Gasteiger partial charge in [0.1, 0.15) is 17.5 Å². The summed E-state index contributed by atoms with van der Waals surface area (Å²) in [6.45, 7) is 4.87. The molecule has 0 aromatic carbocycles. The highest BCUT2D eigenvalue weighted by Crippen LogP contribution is 2.41. The summed E-state index contributed by atoms with van der Waals surface area (Å²) in [6.07, 6.45) is 11.2. The number of piperidine rings is 1. The molecule has 0 aliphatic carbocycles. The first-order valence-electron chi connectivity index (χ1n) is 11.1. The van der Waals surface area contributed by atoms with E-state index in [9.17, 15) is 0 Å². The second-order valence-electron chi connectivity index (χ2n) is 8.86. The summed E-state index contributed by atoms with van der Waals surface area (Å²) in [7, 11) is 0. The zero-order chi connectivity index (χ0) is 20.6. The lowest BCUT2D eigenvalue weighted by Gasteiger charge is -2.45. The molecule has 3 saturated heterocycles. The largest absolute Gasteiger partial charge is 0.367 e. The van der Waals surface area contributed by atoms with Gasteiger partial charge in [0.15, 0.2) is 0 Å². The van der Waals surface area contributed by atoms with Crippen molar-refractivity contribution in [2.75, 3.05) is 39.0 Å². The summed E-state index contributed by atoms with van der Waals surface area (Å²) in [5, 5.41) is 14.5. The molecule has 0 saturated carbocycles. The Labute approximate surface area is 182 Å². The van der Waals surface area contributed by atoms with Crippen LogP contribution in [0.1, 0.15) is 50.3 Å². The molecule has 0 bridgehead atoms. The van der Waals surface area contributed by atoms with Gasteiger partial charge in [-0.3, -0.25) is 9.80 Å². The fraction of sp³-hybridized carbons (Fsp3) is 0.682. The van der Waals surface area contributed by atoms with Crippen LogP contribution in [0.2, 0.25) is 0 Å². The molecule has 0 amide bonds. The van der Waals surface area contributed by atoms with Gasteiger partial charge in [0.2, 0.25) is 0 Å². The molecule has 3 fully saturated rings. The zero-order valence-electron chi connectivity index (χ0n) is 17.7. The average molecular weight is 427 g/mol. The first-order chi connectivity index (χ1) is 14.7. The van der Waals surface area contributed by atoms with Crippen LogP contribution in [0, 0.1) is 11.3 Å². The maximum atomic E-state index is 8.99. The number of hydrogen-bond acceptors (Lipinski definition) is 7. The lowest BCUT2D eigenvalue weighted by molar-refractivity contribution is -0.0135. The van der Waals surface area contributed by atoms with Crippen molar-refractivity contribution in [1.29, 1.82) is 5.26 Å². The Hall–Kier alpha value is -1.66. The molecule has 2 atom stereocenters. The van der Waals surface area contributed by atoms with Crippen LogP contribution in [0.5, 0.6) is 0 Å². The number of nitrogens with zero attached hydrogens (tertiary/aromatic N) is 6. The van der Waals surface area contributed by atoms with Gasteiger partial charge in [-0.25, -0.2) is 9.50 Å². The maximum Gasteiger partial charge on any atom is 0.137 e. The first-order valence-corrected chi connectivity index (χ1v) is 12.3. The van der Waals surface area contributed by atoms with Crippen LogP contribution in [-0.2, 0) is 4.74 Å². The molecular formula is C22H30N6OS. The lowest BCUT2D eigenvalue weighted by Crippen LogP contribution is -2.53. The van der Waals surface area contributed by atoms with Gasteiger partial charge < -0.3 is 4.74 Å². The summed E-state index contributed by atoms with van der Waals surface area (Å²) in [5.74, 6) is 0. The van der Waals surface area contributed by atoms with Crippen LogP contribution in [-0.4, -0.2) is 75.0 Å². The van der Waals surface area contributed by atoms with E-state index in [1.165, 1.54) is 32.2 Å². The number of hydrogen-bond donors (Lipinski definition) is 0. The Kier molecular flexibility index (Phi) is 5.71. The van der Waals surface area contributed by atoms with Gasteiger partial charge in [0.05, 0.1) is 29.9 Å². The SMILES string of the molecule is CSc1ncnn2c([C@H]3CC[C@@H](CN4CCCC45CCN(CC#N)CC5)O3)ccc12. The first kappa shape index (κ1) is 20.3. The fourth-order valence-electron chi connectivity index (χ4n) is 5.71. The van der Waals surface area contributed by atoms with E-state index in [1.807, 2.05) is 10.8 Å². The van der Waals surface area contributed by atoms with E-state index < -0.39 is 0 Å². The number of thioether (sulfide) groups is 1. The molecule has 5 heterocycles. The number of likely N-dealkylation sites (tertiary alicyclic amines) is 2. The quantitative estimate of drug-likeness (QED) is 0.537. The molecule has 3 aliphatic heterocycles. The molecule has 2 aromatic heterocycles. The second kappa shape index (κ2) is 8.46. The van der Waals surface area contributed by atoms with Crippen molar-refractivity contribution in [2.24, 2.45) is 0 Å². The van der Waals surface area contributed by atoms with Crippen molar-refractivity contribution in [1.82, 2.24) is 24.4 Å². The van der Waals surface area contributed by atoms with Crippen LogP contribution in [0.15, 0.2) is 23.5 Å². The minimum absolute atomic E-state index is 0.109. The van der Waals surface area contributed by atoms with Crippen molar-refractivity contribution in [3.8, 4) is 6.07 Å². The van der Waals surface area contributed by atoms with E-state index in [-0.39, 0.29) is 12.2 Å². The molecule has 30 heavy (non-hydrogen) atoms. The summed E-state index contributed by atoms with van der Waals surface area (Å²) in [6, 6.07) is 6.57. The summed E-state index contributed by atoms with van der Waals surface area (Å²) in [4.78, 5) is 9.39. The Morgan fingerprint density at radius 3 is 2.90 bits per heavy atom. The molecule has 2 aromatic rings. The van der Waals surface area contributed by atoms with E-state index in [0.717, 1.165) is 48.7 Å². The minimum atomic E-state index is 0.109. The average Bonchev–Trinajstić information content (AvgIpc) is 3.49. The standard InChI is InChI=1S/C22H30N6OS/c1-30-21-19-5-4-18(28(19)25-16-24-21)20-6-3-17(29-20)15-27-11-2-7-22(27)8-12-26(13-9-22)14-10-23/h4-5,16-17,20H,2-3,6-9,11-15H2,1H3/t17-,20+/m0/s1. The summed E-state index contributed by atoms with van der Waals surface area (Å²) in [5.41, 5.74) is 2.54. The minimum Gasteiger partial charge on any atom is -0.367 e. The van der Waals surface area contributed by atoms with Gasteiger partial charge in [-0.2, -0.15) is 10.4 Å². The van der Waals surface area contributed by atoms with Crippen LogP contribution >= 0.6 is 11.8 Å². The zero-order valence-corrected chi connectivity index (χ0v) is 18.5. The molecule has 0 radical (unpaired) electrons. The topological polar surface area (TPSA) is 69.7 Å². The van der Waals surface area contributed by atoms with Crippen LogP contribution < -0.4 is 0 Å². The van der Waals surface area contributed by atoms with Crippen molar-refractivity contribution < 1.29 is 4.74 Å². The van der Waals surface area contributed by atoms with Gasteiger partial charge in [-0.15, -0.1) is 11.8 Å². The van der Waals surface area contributed by atoms with Crippen molar-refractivity contribution in [3.05, 3.63) is 24.2 Å². The molecule has 5 rings (SSSR count). The van der Waals surface area contributed by atoms with Crippen molar-refractivity contribution in [2.45, 2.75) is 61.3 Å². The Morgan fingerprint density at radius 1 is 1.23 bits per heavy atom. The number of nitriles is 1. The predicted octanol–water partition coefficient (Wildman–Crippen LogP) is 3.13. The van der Waals surface area contributed by atoms with Gasteiger partial charge in [0.25, 0.3) is 0 Å². The molecule has 8 heteroatoms. The van der Waals surface area contributed by atoms with E-state index >= 15 is 0 Å². The third kappa shape index (κ3) is 3.62. The van der Waals surface area contributed by atoms with Crippen molar-refractivity contribution >= 4 is 17.3 Å². The lowest BCUT2D eigenvalue weighted by atomic mass is 9.84. The molecule has 3 aliphatic rings. The molecule has 160 valence electrons. The normalized spacial score (nSPS) is 27.2. The molecule has 0 N–H and O–H groups in total. The van der Waals surface area contributed by atoms with Crippen molar-refractivity contribution in [3.63, 3.8) is 0 Å². The smallest absolute Gasteiger partial charge is 0.137 e. The molecule has 0 unspecified atom stereocenters. The monoisotopic (exact) mass is 426 g/mol. The van der Waals surface area contributed by atoms with Crippen LogP contribution in [0.25, 0.3) is 5.52 Å². The highest BCUT2D eigenvalue weighted by molar-refractivity contribution is 7.98. The number of fused-ring (bicyclic) bond motifs is 1. The van der Waals surface area contributed by atoms with E-state index in [1.54, 1.807) is 18.1 Å². The maximum absolute atomic E-state index is 8.99. The van der Waals surface area contributed by atoms with Crippen LogP contribution in [0.4, 0.5) is 0 Å². The van der Waals surface area contributed by atoms with E-state index in [0.29, 0.717) is 12.1 Å². The third-order valence-electron chi connectivity index (χ3n) is 7.32. The Morgan fingerprint density at radius 2 is 2.10 bits per heavy atom. The highest BCUT2D eigenvalue weighted by Gasteiger charge is 2.44.